The largest absolute Gasteiger partial charge is 0.416 e. The molecule has 1 unspecified atom stereocenters. The van der Waals surface area contributed by atoms with E-state index in [4.69, 9.17) is 11.6 Å². The van der Waals surface area contributed by atoms with E-state index in [9.17, 15) is 31.2 Å². The van der Waals surface area contributed by atoms with E-state index < -0.39 is 51.9 Å². The number of aryl methyl sites for hydroxylation is 1. The zero-order valence-electron chi connectivity index (χ0n) is 24.2. The lowest BCUT2D eigenvalue weighted by molar-refractivity contribution is -0.140. The van der Waals surface area contributed by atoms with Crippen LogP contribution in [0.2, 0.25) is 5.02 Å². The first-order chi connectivity index (χ1) is 20.3. The SMILES string of the molecule is CCCCNC(=O)C(CC)N(Cc1ccc(C)cc1)C(=O)CN(c1cc(C(F)(F)F)ccc1Cl)S(=O)(=O)c1ccccc1. The van der Waals surface area contributed by atoms with Gasteiger partial charge in [-0.25, -0.2) is 8.42 Å². The molecule has 0 saturated carbocycles. The Hall–Kier alpha value is -3.57. The summed E-state index contributed by atoms with van der Waals surface area (Å²) in [7, 11) is -4.58. The summed E-state index contributed by atoms with van der Waals surface area (Å²) in [6.45, 7) is 5.05. The molecule has 1 N–H and O–H groups in total. The number of nitrogens with zero attached hydrogens (tertiary/aromatic N) is 2. The van der Waals surface area contributed by atoms with Gasteiger partial charge in [-0.15, -0.1) is 0 Å². The monoisotopic (exact) mass is 637 g/mol. The van der Waals surface area contributed by atoms with E-state index in [-0.39, 0.29) is 22.9 Å². The molecule has 0 radical (unpaired) electrons. The minimum Gasteiger partial charge on any atom is -0.354 e. The zero-order valence-corrected chi connectivity index (χ0v) is 25.8. The molecule has 0 aliphatic carbocycles. The van der Waals surface area contributed by atoms with Gasteiger partial charge in [0.25, 0.3) is 10.0 Å². The number of benzene rings is 3. The van der Waals surface area contributed by atoms with Crippen LogP contribution in [0.25, 0.3) is 0 Å². The number of amides is 2. The molecule has 43 heavy (non-hydrogen) atoms. The van der Waals surface area contributed by atoms with Crippen LogP contribution in [-0.4, -0.2) is 44.3 Å². The van der Waals surface area contributed by atoms with Crippen molar-refractivity contribution in [2.75, 3.05) is 17.4 Å². The van der Waals surface area contributed by atoms with Gasteiger partial charge in [0.1, 0.15) is 12.6 Å². The Kier molecular flexibility index (Phi) is 11.6. The maximum Gasteiger partial charge on any atom is 0.416 e. The molecule has 0 fully saturated rings. The first-order valence-electron chi connectivity index (χ1n) is 13.9. The quantitative estimate of drug-likeness (QED) is 0.214. The predicted octanol–water partition coefficient (Wildman–Crippen LogP) is 6.59. The molecule has 3 aromatic rings. The van der Waals surface area contributed by atoms with Crippen LogP contribution >= 0.6 is 11.6 Å². The molecule has 0 aromatic heterocycles. The number of hydrogen-bond acceptors (Lipinski definition) is 4. The normalized spacial score (nSPS) is 12.4. The molecular formula is C31H35ClF3N3O4S. The van der Waals surface area contributed by atoms with Crippen LogP contribution in [0.4, 0.5) is 18.9 Å². The lowest BCUT2D eigenvalue weighted by atomic mass is 10.1. The highest BCUT2D eigenvalue weighted by atomic mass is 35.5. The summed E-state index contributed by atoms with van der Waals surface area (Å²) < 4.78 is 69.4. The Morgan fingerprint density at radius 3 is 2.21 bits per heavy atom. The van der Waals surface area contributed by atoms with Crippen molar-refractivity contribution in [2.24, 2.45) is 0 Å². The number of carbonyl (C=O) groups excluding carboxylic acids is 2. The van der Waals surface area contributed by atoms with Gasteiger partial charge in [0, 0.05) is 13.1 Å². The Labute approximate surface area is 255 Å². The van der Waals surface area contributed by atoms with Crippen LogP contribution < -0.4 is 9.62 Å². The minimum absolute atomic E-state index is 0.0334. The Morgan fingerprint density at radius 1 is 0.977 bits per heavy atom. The van der Waals surface area contributed by atoms with Gasteiger partial charge in [-0.3, -0.25) is 13.9 Å². The number of anilines is 1. The molecule has 3 rings (SSSR count). The van der Waals surface area contributed by atoms with Crippen LogP contribution in [0, 0.1) is 6.92 Å². The fourth-order valence-electron chi connectivity index (χ4n) is 4.43. The molecule has 0 saturated heterocycles. The van der Waals surface area contributed by atoms with Crippen LogP contribution in [0.1, 0.15) is 49.8 Å². The van der Waals surface area contributed by atoms with Crippen molar-refractivity contribution < 1.29 is 31.2 Å². The van der Waals surface area contributed by atoms with E-state index in [0.29, 0.717) is 22.5 Å². The van der Waals surface area contributed by atoms with E-state index in [1.54, 1.807) is 25.1 Å². The second-order valence-electron chi connectivity index (χ2n) is 10.1. The molecule has 1 atom stereocenters. The van der Waals surface area contributed by atoms with Crippen molar-refractivity contribution in [1.29, 1.82) is 0 Å². The number of halogens is 4. The maximum absolute atomic E-state index is 14.1. The molecule has 2 amide bonds. The van der Waals surface area contributed by atoms with Crippen molar-refractivity contribution in [2.45, 2.75) is 63.7 Å². The van der Waals surface area contributed by atoms with Gasteiger partial charge >= 0.3 is 6.18 Å². The summed E-state index contributed by atoms with van der Waals surface area (Å²) >= 11 is 6.29. The highest BCUT2D eigenvalue weighted by molar-refractivity contribution is 7.92. The van der Waals surface area contributed by atoms with Crippen molar-refractivity contribution in [3.63, 3.8) is 0 Å². The third-order valence-corrected chi connectivity index (χ3v) is 8.93. The molecular weight excluding hydrogens is 603 g/mol. The lowest BCUT2D eigenvalue weighted by Crippen LogP contribution is -2.52. The number of nitrogens with one attached hydrogen (secondary N) is 1. The van der Waals surface area contributed by atoms with Crippen LogP contribution in [-0.2, 0) is 32.3 Å². The van der Waals surface area contributed by atoms with E-state index in [1.165, 1.54) is 29.2 Å². The Bertz CT molecular complexity index is 1500. The molecule has 0 aliphatic heterocycles. The standard InChI is InChI=1S/C31H35ClF3N3O4S/c1-4-6-18-36-30(40)27(5-2)37(20-23-14-12-22(3)13-15-23)29(39)21-38(43(41,42)25-10-8-7-9-11-25)28-19-24(31(33,34)35)16-17-26(28)32/h7-17,19,27H,4-6,18,20-21H2,1-3H3,(H,36,40). The Balaban J connectivity index is 2.12. The fourth-order valence-corrected chi connectivity index (χ4v) is 6.14. The van der Waals surface area contributed by atoms with Crippen LogP contribution in [0.15, 0.2) is 77.7 Å². The molecule has 3 aromatic carbocycles. The third-order valence-electron chi connectivity index (χ3n) is 6.84. The second kappa shape index (κ2) is 14.7. The van der Waals surface area contributed by atoms with E-state index in [2.05, 4.69) is 5.32 Å². The smallest absolute Gasteiger partial charge is 0.354 e. The average Bonchev–Trinajstić information content (AvgIpc) is 2.97. The number of unbranched alkanes of at least 4 members (excludes halogenated alkanes) is 1. The number of carbonyl (C=O) groups is 2. The van der Waals surface area contributed by atoms with Gasteiger partial charge in [-0.1, -0.05) is 79.9 Å². The highest BCUT2D eigenvalue weighted by Gasteiger charge is 2.37. The summed E-state index contributed by atoms with van der Waals surface area (Å²) in [5, 5.41) is 2.53. The topological polar surface area (TPSA) is 86.8 Å². The number of alkyl halides is 3. The fraction of sp³-hybridized carbons (Fsp3) is 0.355. The molecule has 12 heteroatoms. The third kappa shape index (κ3) is 8.73. The number of sulfonamides is 1. The average molecular weight is 638 g/mol. The molecule has 232 valence electrons. The number of hydrogen-bond donors (Lipinski definition) is 1. The first-order valence-corrected chi connectivity index (χ1v) is 15.7. The summed E-state index contributed by atoms with van der Waals surface area (Å²) in [6.07, 6.45) is -3.02. The number of rotatable bonds is 13. The van der Waals surface area contributed by atoms with Crippen molar-refractivity contribution in [1.82, 2.24) is 10.2 Å². The molecule has 0 spiro atoms. The molecule has 0 aliphatic rings. The maximum atomic E-state index is 14.1. The lowest BCUT2D eigenvalue weighted by Gasteiger charge is -2.33. The summed E-state index contributed by atoms with van der Waals surface area (Å²) in [5.74, 6) is -1.20. The van der Waals surface area contributed by atoms with Crippen molar-refractivity contribution in [3.05, 3.63) is 94.5 Å². The first kappa shape index (κ1) is 33.9. The van der Waals surface area contributed by atoms with Crippen LogP contribution in [0.3, 0.4) is 0 Å². The van der Waals surface area contributed by atoms with E-state index >= 15 is 0 Å². The molecule has 0 bridgehead atoms. The summed E-state index contributed by atoms with van der Waals surface area (Å²) in [6, 6.07) is 15.6. The van der Waals surface area contributed by atoms with Gasteiger partial charge in [-0.2, -0.15) is 13.2 Å². The van der Waals surface area contributed by atoms with Gasteiger partial charge < -0.3 is 10.2 Å². The van der Waals surface area contributed by atoms with Gasteiger partial charge in [0.15, 0.2) is 0 Å². The van der Waals surface area contributed by atoms with E-state index in [1.807, 2.05) is 26.0 Å². The minimum atomic E-state index is -4.80. The summed E-state index contributed by atoms with van der Waals surface area (Å²) in [5.41, 5.74) is 0.0221. The van der Waals surface area contributed by atoms with Gasteiger partial charge in [0.2, 0.25) is 11.8 Å². The molecule has 0 heterocycles. The second-order valence-corrected chi connectivity index (χ2v) is 12.3. The van der Waals surface area contributed by atoms with Crippen LogP contribution in [0.5, 0.6) is 0 Å². The highest BCUT2D eigenvalue weighted by Crippen LogP contribution is 2.37. The molecule has 7 nitrogen and oxygen atoms in total. The Morgan fingerprint density at radius 2 is 1.63 bits per heavy atom. The van der Waals surface area contributed by atoms with Crippen molar-refractivity contribution >= 4 is 39.1 Å². The zero-order chi connectivity index (χ0) is 31.8. The van der Waals surface area contributed by atoms with Crippen molar-refractivity contribution in [3.8, 4) is 0 Å². The van der Waals surface area contributed by atoms with Gasteiger partial charge in [0.05, 0.1) is 21.2 Å². The van der Waals surface area contributed by atoms with Gasteiger partial charge in [-0.05, 0) is 55.7 Å². The van der Waals surface area contributed by atoms with E-state index in [0.717, 1.165) is 30.5 Å². The summed E-state index contributed by atoms with van der Waals surface area (Å²) in [4.78, 5) is 28.3. The predicted molar refractivity (Wildman–Crippen MR) is 161 cm³/mol.